The van der Waals surface area contributed by atoms with Gasteiger partial charge in [-0.3, -0.25) is 9.69 Å². The second-order valence-corrected chi connectivity index (χ2v) is 6.72. The van der Waals surface area contributed by atoms with Gasteiger partial charge in [0, 0.05) is 43.9 Å². The number of piperazine rings is 1. The second kappa shape index (κ2) is 9.60. The summed E-state index contributed by atoms with van der Waals surface area (Å²) in [5, 5.41) is 10.2. The van der Waals surface area contributed by atoms with Crippen molar-refractivity contribution in [2.75, 3.05) is 39.3 Å². The third-order valence-corrected chi connectivity index (χ3v) is 4.67. The number of nitrogens with zero attached hydrogens (tertiary/aromatic N) is 2. The monoisotopic (exact) mass is 372 g/mol. The number of benzene rings is 2. The van der Waals surface area contributed by atoms with Gasteiger partial charge in [0.25, 0.3) is 5.91 Å². The summed E-state index contributed by atoms with van der Waals surface area (Å²) >= 11 is 0. The van der Waals surface area contributed by atoms with E-state index in [1.165, 1.54) is 6.07 Å². The van der Waals surface area contributed by atoms with Crippen LogP contribution in [0, 0.1) is 5.82 Å². The number of ether oxygens (including phenoxy) is 1. The smallest absolute Gasteiger partial charge is 0.253 e. The Labute approximate surface area is 159 Å². The highest BCUT2D eigenvalue weighted by atomic mass is 19.1. The van der Waals surface area contributed by atoms with E-state index < -0.39 is 6.10 Å². The molecule has 2 aromatic carbocycles. The van der Waals surface area contributed by atoms with Gasteiger partial charge in [-0.25, -0.2) is 4.39 Å². The second-order valence-electron chi connectivity index (χ2n) is 6.72. The lowest BCUT2D eigenvalue weighted by Gasteiger charge is -2.35. The molecule has 3 rings (SSSR count). The molecule has 1 saturated heterocycles. The van der Waals surface area contributed by atoms with Crippen molar-refractivity contribution in [1.29, 1.82) is 0 Å². The number of aliphatic hydroxyl groups is 1. The number of carbonyl (C=O) groups is 1. The molecule has 6 heteroatoms. The van der Waals surface area contributed by atoms with Crippen LogP contribution < -0.4 is 0 Å². The zero-order valence-corrected chi connectivity index (χ0v) is 15.3. The van der Waals surface area contributed by atoms with Crippen LogP contribution in [-0.2, 0) is 11.3 Å². The summed E-state index contributed by atoms with van der Waals surface area (Å²) in [6, 6.07) is 15.7. The maximum absolute atomic E-state index is 13.5. The molecule has 0 radical (unpaired) electrons. The number of rotatable bonds is 7. The molecular weight excluding hydrogens is 347 g/mol. The van der Waals surface area contributed by atoms with Crippen LogP contribution in [0.1, 0.15) is 15.9 Å². The van der Waals surface area contributed by atoms with E-state index in [0.29, 0.717) is 43.9 Å². The van der Waals surface area contributed by atoms with Gasteiger partial charge < -0.3 is 14.7 Å². The summed E-state index contributed by atoms with van der Waals surface area (Å²) in [5.41, 5.74) is 1.19. The van der Waals surface area contributed by atoms with Gasteiger partial charge in [-0.1, -0.05) is 36.4 Å². The summed E-state index contributed by atoms with van der Waals surface area (Å²) < 4.78 is 19.0. The van der Waals surface area contributed by atoms with E-state index in [2.05, 4.69) is 4.90 Å². The largest absolute Gasteiger partial charge is 0.389 e. The van der Waals surface area contributed by atoms with Crippen LogP contribution in [0.3, 0.4) is 0 Å². The molecule has 0 saturated carbocycles. The van der Waals surface area contributed by atoms with Gasteiger partial charge in [0.15, 0.2) is 0 Å². The van der Waals surface area contributed by atoms with Gasteiger partial charge in [-0.15, -0.1) is 0 Å². The van der Waals surface area contributed by atoms with Crippen molar-refractivity contribution < 1.29 is 19.0 Å². The SMILES string of the molecule is O=C(c1ccccc1)N1CCN(C[C@@H](O)COCc2ccccc2F)CC1. The lowest BCUT2D eigenvalue weighted by Crippen LogP contribution is -2.50. The molecule has 144 valence electrons. The summed E-state index contributed by atoms with van der Waals surface area (Å²) in [5.74, 6) is -0.254. The number of aliphatic hydroxyl groups excluding tert-OH is 1. The standard InChI is InChI=1S/C21H25FN2O3/c22-20-9-5-4-8-18(20)15-27-16-19(25)14-23-10-12-24(13-11-23)21(26)17-6-2-1-3-7-17/h1-9,19,25H,10-16H2/t19-/m1/s1. The predicted octanol–water partition coefficient (Wildman–Crippen LogP) is 2.16. The Morgan fingerprint density at radius 3 is 2.41 bits per heavy atom. The average molecular weight is 372 g/mol. The minimum atomic E-state index is -0.645. The first-order valence-corrected chi connectivity index (χ1v) is 9.19. The number of halogens is 1. The molecule has 1 aliphatic rings. The Bertz CT molecular complexity index is 733. The van der Waals surface area contributed by atoms with Crippen molar-refractivity contribution in [3.8, 4) is 0 Å². The maximum Gasteiger partial charge on any atom is 0.253 e. The molecule has 1 heterocycles. The molecule has 0 bridgehead atoms. The predicted molar refractivity (Wildman–Crippen MR) is 101 cm³/mol. The highest BCUT2D eigenvalue weighted by Gasteiger charge is 2.23. The number of hydrogen-bond acceptors (Lipinski definition) is 4. The molecule has 2 aromatic rings. The first kappa shape index (κ1) is 19.5. The minimum Gasteiger partial charge on any atom is -0.389 e. The number of hydrogen-bond donors (Lipinski definition) is 1. The fraction of sp³-hybridized carbons (Fsp3) is 0.381. The van der Waals surface area contributed by atoms with Crippen LogP contribution in [-0.4, -0.2) is 66.2 Å². The zero-order valence-electron chi connectivity index (χ0n) is 15.3. The fourth-order valence-electron chi connectivity index (χ4n) is 3.17. The summed E-state index contributed by atoms with van der Waals surface area (Å²) in [4.78, 5) is 16.4. The first-order valence-electron chi connectivity index (χ1n) is 9.19. The molecule has 1 fully saturated rings. The summed E-state index contributed by atoms with van der Waals surface area (Å²) in [7, 11) is 0. The van der Waals surface area contributed by atoms with Gasteiger partial charge in [-0.2, -0.15) is 0 Å². The quantitative estimate of drug-likeness (QED) is 0.809. The van der Waals surface area contributed by atoms with E-state index in [9.17, 15) is 14.3 Å². The van der Waals surface area contributed by atoms with E-state index in [1.807, 2.05) is 35.2 Å². The molecule has 0 unspecified atom stereocenters. The van der Waals surface area contributed by atoms with Crippen molar-refractivity contribution >= 4 is 5.91 Å². The van der Waals surface area contributed by atoms with Crippen molar-refractivity contribution in [2.45, 2.75) is 12.7 Å². The molecule has 1 amide bonds. The first-order chi connectivity index (χ1) is 13.1. The Kier molecular flexibility index (Phi) is 6.92. The van der Waals surface area contributed by atoms with Gasteiger partial charge >= 0.3 is 0 Å². The van der Waals surface area contributed by atoms with Crippen LogP contribution in [0.25, 0.3) is 0 Å². The van der Waals surface area contributed by atoms with Crippen LogP contribution in [0.2, 0.25) is 0 Å². The maximum atomic E-state index is 13.5. The third kappa shape index (κ3) is 5.60. The van der Waals surface area contributed by atoms with Crippen molar-refractivity contribution in [1.82, 2.24) is 9.80 Å². The van der Waals surface area contributed by atoms with E-state index in [-0.39, 0.29) is 24.9 Å². The minimum absolute atomic E-state index is 0.0454. The molecule has 0 aromatic heterocycles. The molecule has 27 heavy (non-hydrogen) atoms. The third-order valence-electron chi connectivity index (χ3n) is 4.67. The van der Waals surface area contributed by atoms with E-state index >= 15 is 0 Å². The lowest BCUT2D eigenvalue weighted by molar-refractivity contribution is 0.00143. The molecule has 5 nitrogen and oxygen atoms in total. The topological polar surface area (TPSA) is 53.0 Å². The van der Waals surface area contributed by atoms with Crippen molar-refractivity contribution in [3.63, 3.8) is 0 Å². The van der Waals surface area contributed by atoms with E-state index in [4.69, 9.17) is 4.74 Å². The Hall–Kier alpha value is -2.28. The molecule has 1 aliphatic heterocycles. The lowest BCUT2D eigenvalue weighted by atomic mass is 10.2. The molecular formula is C21H25FN2O3. The Morgan fingerprint density at radius 1 is 1.04 bits per heavy atom. The van der Waals surface area contributed by atoms with Gasteiger partial charge in [0.1, 0.15) is 5.82 Å². The van der Waals surface area contributed by atoms with Crippen LogP contribution in [0.4, 0.5) is 4.39 Å². The van der Waals surface area contributed by atoms with Gasteiger partial charge in [0.05, 0.1) is 19.3 Å². The average Bonchev–Trinajstić information content (AvgIpc) is 2.70. The number of amides is 1. The van der Waals surface area contributed by atoms with Gasteiger partial charge in [-0.05, 0) is 18.2 Å². The van der Waals surface area contributed by atoms with Crippen LogP contribution in [0.15, 0.2) is 54.6 Å². The zero-order chi connectivity index (χ0) is 19.1. The highest BCUT2D eigenvalue weighted by Crippen LogP contribution is 2.10. The molecule has 0 spiro atoms. The van der Waals surface area contributed by atoms with Crippen LogP contribution in [0.5, 0.6) is 0 Å². The number of carbonyl (C=O) groups excluding carboxylic acids is 1. The van der Waals surface area contributed by atoms with E-state index in [0.717, 1.165) is 0 Å². The summed E-state index contributed by atoms with van der Waals surface area (Å²) in [6.07, 6.45) is -0.645. The molecule has 1 N–H and O–H groups in total. The number of β-amino-alcohol motifs (C(OH)–C–C–N with tert-alkyl or cyclic N) is 1. The molecule has 0 aliphatic carbocycles. The molecule has 1 atom stereocenters. The summed E-state index contributed by atoms with van der Waals surface area (Å²) in [6.45, 7) is 3.46. The highest BCUT2D eigenvalue weighted by molar-refractivity contribution is 5.94. The Morgan fingerprint density at radius 2 is 1.70 bits per heavy atom. The fourth-order valence-corrected chi connectivity index (χ4v) is 3.17. The van der Waals surface area contributed by atoms with Gasteiger partial charge in [0.2, 0.25) is 0 Å². The van der Waals surface area contributed by atoms with Crippen LogP contribution >= 0.6 is 0 Å². The van der Waals surface area contributed by atoms with Crippen molar-refractivity contribution in [3.05, 3.63) is 71.5 Å². The van der Waals surface area contributed by atoms with Crippen molar-refractivity contribution in [2.24, 2.45) is 0 Å². The Balaban J connectivity index is 1.37. The van der Waals surface area contributed by atoms with E-state index in [1.54, 1.807) is 18.2 Å². The normalized spacial score (nSPS) is 16.3.